The number of nitrogens with zero attached hydrogens (tertiary/aromatic N) is 4. The molecule has 19 heavy (non-hydrogen) atoms. The first-order valence-electron chi connectivity index (χ1n) is 6.14. The molecule has 0 bridgehead atoms. The number of hydrogen-bond donors (Lipinski definition) is 2. The molecule has 2 heterocycles. The summed E-state index contributed by atoms with van der Waals surface area (Å²) < 4.78 is 3.64. The van der Waals surface area contributed by atoms with Crippen LogP contribution in [-0.2, 0) is 7.05 Å². The summed E-state index contributed by atoms with van der Waals surface area (Å²) >= 11 is 6.27. The van der Waals surface area contributed by atoms with Gasteiger partial charge in [-0.2, -0.15) is 10.2 Å². The van der Waals surface area contributed by atoms with Gasteiger partial charge in [-0.15, -0.1) is 0 Å². The first-order valence-corrected chi connectivity index (χ1v) is 6.52. The van der Waals surface area contributed by atoms with Gasteiger partial charge in [0.15, 0.2) is 0 Å². The van der Waals surface area contributed by atoms with Gasteiger partial charge in [0.25, 0.3) is 0 Å². The van der Waals surface area contributed by atoms with E-state index in [0.29, 0.717) is 5.02 Å². The Balaban J connectivity index is 2.54. The number of nitrogens with two attached hydrogens (primary N) is 1. The topological polar surface area (TPSA) is 73.7 Å². The van der Waals surface area contributed by atoms with E-state index in [9.17, 15) is 0 Å². The van der Waals surface area contributed by atoms with Gasteiger partial charge in [-0.05, 0) is 20.8 Å². The Hall–Kier alpha value is -1.37. The third kappa shape index (κ3) is 2.51. The number of nitrogens with one attached hydrogen (secondary N) is 1. The normalized spacial score (nSPS) is 13.2. The van der Waals surface area contributed by atoms with Crippen LogP contribution in [0.2, 0.25) is 5.02 Å². The van der Waals surface area contributed by atoms with E-state index in [-0.39, 0.29) is 12.1 Å². The predicted molar refractivity (Wildman–Crippen MR) is 74.7 cm³/mol. The molecular weight excluding hydrogens is 264 g/mol. The van der Waals surface area contributed by atoms with Crippen LogP contribution in [-0.4, -0.2) is 19.6 Å². The molecule has 0 saturated heterocycles. The van der Waals surface area contributed by atoms with Crippen molar-refractivity contribution in [1.29, 1.82) is 0 Å². The van der Waals surface area contributed by atoms with E-state index >= 15 is 0 Å². The van der Waals surface area contributed by atoms with Gasteiger partial charge in [0, 0.05) is 24.8 Å². The minimum Gasteiger partial charge on any atom is -0.275 e. The summed E-state index contributed by atoms with van der Waals surface area (Å²) in [5.41, 5.74) is 5.58. The Labute approximate surface area is 117 Å². The fourth-order valence-electron chi connectivity index (χ4n) is 2.25. The van der Waals surface area contributed by atoms with E-state index in [4.69, 9.17) is 17.4 Å². The lowest BCUT2D eigenvalue weighted by Gasteiger charge is -2.20. The summed E-state index contributed by atoms with van der Waals surface area (Å²) in [6.07, 6.45) is 3.58. The van der Waals surface area contributed by atoms with Gasteiger partial charge in [-0.1, -0.05) is 11.6 Å². The summed E-state index contributed by atoms with van der Waals surface area (Å²) in [5, 5.41) is 9.25. The zero-order chi connectivity index (χ0) is 14.2. The number of aromatic nitrogens is 4. The van der Waals surface area contributed by atoms with Crippen molar-refractivity contribution in [3.8, 4) is 0 Å². The first-order chi connectivity index (χ1) is 8.95. The highest BCUT2D eigenvalue weighted by Gasteiger charge is 2.25. The number of hydrogen-bond acceptors (Lipinski definition) is 4. The second-order valence-corrected chi connectivity index (χ2v) is 5.27. The highest BCUT2D eigenvalue weighted by molar-refractivity contribution is 6.31. The Morgan fingerprint density at radius 1 is 1.42 bits per heavy atom. The van der Waals surface area contributed by atoms with Crippen LogP contribution in [0.5, 0.6) is 0 Å². The molecule has 0 amide bonds. The molecule has 0 aromatic carbocycles. The maximum Gasteiger partial charge on any atom is 0.0926 e. The van der Waals surface area contributed by atoms with Crippen LogP contribution in [0.1, 0.15) is 42.9 Å². The van der Waals surface area contributed by atoms with Crippen LogP contribution >= 0.6 is 11.6 Å². The summed E-state index contributed by atoms with van der Waals surface area (Å²) in [6.45, 7) is 6.05. The van der Waals surface area contributed by atoms with Crippen LogP contribution in [0.3, 0.4) is 0 Å². The van der Waals surface area contributed by atoms with Crippen molar-refractivity contribution in [1.82, 2.24) is 25.0 Å². The minimum atomic E-state index is -0.230. The average Bonchev–Trinajstić information content (AvgIpc) is 2.85. The summed E-state index contributed by atoms with van der Waals surface area (Å²) in [7, 11) is 1.88. The molecule has 0 aliphatic carbocycles. The second-order valence-electron chi connectivity index (χ2n) is 4.86. The van der Waals surface area contributed by atoms with Gasteiger partial charge in [0.2, 0.25) is 0 Å². The van der Waals surface area contributed by atoms with Crippen molar-refractivity contribution in [3.05, 3.63) is 34.4 Å². The lowest BCUT2D eigenvalue weighted by atomic mass is 10.1. The molecule has 0 aliphatic rings. The molecule has 104 valence electrons. The van der Waals surface area contributed by atoms with E-state index in [2.05, 4.69) is 29.5 Å². The van der Waals surface area contributed by atoms with Crippen LogP contribution < -0.4 is 11.3 Å². The molecule has 6 nitrogen and oxygen atoms in total. The number of rotatable bonds is 4. The van der Waals surface area contributed by atoms with E-state index in [0.717, 1.165) is 17.0 Å². The first kappa shape index (κ1) is 14.0. The molecule has 0 saturated carbocycles. The predicted octanol–water partition coefficient (Wildman–Crippen LogP) is 1.71. The standard InChI is InChI=1S/C12H19ClN6/c1-7(2)19-12(10(13)5-15-19)11(16-14)9-6-18(4)17-8(9)3/h5-7,11,16H,14H2,1-4H3. The minimum absolute atomic E-state index is 0.204. The van der Waals surface area contributed by atoms with Crippen LogP contribution in [0, 0.1) is 6.92 Å². The quantitative estimate of drug-likeness (QED) is 0.661. The highest BCUT2D eigenvalue weighted by Crippen LogP contribution is 2.30. The number of hydrazine groups is 1. The molecule has 0 radical (unpaired) electrons. The molecular formula is C12H19ClN6. The maximum absolute atomic E-state index is 6.27. The number of halogens is 1. The summed E-state index contributed by atoms with van der Waals surface area (Å²) in [4.78, 5) is 0. The molecule has 0 spiro atoms. The molecule has 1 unspecified atom stereocenters. The van der Waals surface area contributed by atoms with Crippen molar-refractivity contribution in [2.24, 2.45) is 12.9 Å². The maximum atomic E-state index is 6.27. The molecule has 3 N–H and O–H groups in total. The molecule has 2 aromatic rings. The van der Waals surface area contributed by atoms with Crippen LogP contribution in [0.15, 0.2) is 12.4 Å². The van der Waals surface area contributed by atoms with E-state index in [1.165, 1.54) is 0 Å². The Bertz CT molecular complexity index is 571. The SMILES string of the molecule is Cc1nn(C)cc1C(NN)c1c(Cl)cnn1C(C)C. The van der Waals surface area contributed by atoms with E-state index < -0.39 is 0 Å². The summed E-state index contributed by atoms with van der Waals surface area (Å²) in [6, 6.07) is -0.0265. The molecule has 2 rings (SSSR count). The zero-order valence-electron chi connectivity index (χ0n) is 11.6. The fraction of sp³-hybridized carbons (Fsp3) is 0.500. The van der Waals surface area contributed by atoms with Crippen LogP contribution in [0.25, 0.3) is 0 Å². The van der Waals surface area contributed by atoms with Crippen molar-refractivity contribution in [3.63, 3.8) is 0 Å². The van der Waals surface area contributed by atoms with Crippen molar-refractivity contribution >= 4 is 11.6 Å². The summed E-state index contributed by atoms with van der Waals surface area (Å²) in [5.74, 6) is 5.73. The van der Waals surface area contributed by atoms with Crippen molar-refractivity contribution in [2.75, 3.05) is 0 Å². The third-order valence-corrected chi connectivity index (χ3v) is 3.37. The number of aryl methyl sites for hydroxylation is 2. The third-order valence-electron chi connectivity index (χ3n) is 3.08. The Morgan fingerprint density at radius 3 is 2.58 bits per heavy atom. The fourth-order valence-corrected chi connectivity index (χ4v) is 2.49. The van der Waals surface area contributed by atoms with Crippen molar-refractivity contribution < 1.29 is 0 Å². The molecule has 1 atom stereocenters. The average molecular weight is 283 g/mol. The Morgan fingerprint density at radius 2 is 2.11 bits per heavy atom. The molecule has 2 aromatic heterocycles. The Kier molecular flexibility index (Phi) is 3.93. The van der Waals surface area contributed by atoms with E-state index in [1.807, 2.05) is 24.9 Å². The van der Waals surface area contributed by atoms with Gasteiger partial charge < -0.3 is 0 Å². The van der Waals surface area contributed by atoms with Gasteiger partial charge in [-0.3, -0.25) is 15.2 Å². The molecule has 0 fully saturated rings. The zero-order valence-corrected chi connectivity index (χ0v) is 12.3. The van der Waals surface area contributed by atoms with Gasteiger partial charge in [0.1, 0.15) is 0 Å². The van der Waals surface area contributed by atoms with Crippen molar-refractivity contribution in [2.45, 2.75) is 32.9 Å². The lowest BCUT2D eigenvalue weighted by Crippen LogP contribution is -2.31. The van der Waals surface area contributed by atoms with Gasteiger partial charge in [-0.25, -0.2) is 5.43 Å². The van der Waals surface area contributed by atoms with Crippen LogP contribution in [0.4, 0.5) is 0 Å². The van der Waals surface area contributed by atoms with Gasteiger partial charge in [0.05, 0.1) is 28.6 Å². The van der Waals surface area contributed by atoms with Gasteiger partial charge >= 0.3 is 0 Å². The largest absolute Gasteiger partial charge is 0.275 e. The molecule has 0 aliphatic heterocycles. The smallest absolute Gasteiger partial charge is 0.0926 e. The molecule has 7 heteroatoms. The monoisotopic (exact) mass is 282 g/mol. The lowest BCUT2D eigenvalue weighted by molar-refractivity contribution is 0.476. The second kappa shape index (κ2) is 5.32. The highest BCUT2D eigenvalue weighted by atomic mass is 35.5. The van der Waals surface area contributed by atoms with E-state index in [1.54, 1.807) is 10.9 Å².